The van der Waals surface area contributed by atoms with Crippen LogP contribution in [0.4, 0.5) is 11.4 Å². The third kappa shape index (κ3) is 4.68. The maximum atomic E-state index is 6.27. The van der Waals surface area contributed by atoms with E-state index in [0.29, 0.717) is 0 Å². The Labute approximate surface area is 210 Å². The third-order valence-electron chi connectivity index (χ3n) is 6.11. The molecule has 0 fully saturated rings. The number of aromatic nitrogens is 2. The lowest BCUT2D eigenvalue weighted by Crippen LogP contribution is -2.24. The highest BCUT2D eigenvalue weighted by Crippen LogP contribution is 2.31. The van der Waals surface area contributed by atoms with Crippen LogP contribution in [0.15, 0.2) is 134 Å². The van der Waals surface area contributed by atoms with Gasteiger partial charge in [-0.05, 0) is 59.7 Å². The second-order valence-electron chi connectivity index (χ2n) is 8.51. The Morgan fingerprint density at radius 1 is 0.556 bits per heavy atom. The van der Waals surface area contributed by atoms with Gasteiger partial charge in [0.05, 0.1) is 12.4 Å². The zero-order valence-electron chi connectivity index (χ0n) is 19.6. The highest BCUT2D eigenvalue weighted by molar-refractivity contribution is 5.71. The maximum absolute atomic E-state index is 6.27. The minimum Gasteiger partial charge on any atom is -0.457 e. The summed E-state index contributed by atoms with van der Waals surface area (Å²) < 4.78 is 6.27. The van der Waals surface area contributed by atoms with Crippen molar-refractivity contribution in [1.82, 2.24) is 9.97 Å². The van der Waals surface area contributed by atoms with Crippen molar-refractivity contribution >= 4 is 11.4 Å². The normalized spacial score (nSPS) is 12.7. The van der Waals surface area contributed by atoms with Crippen LogP contribution < -0.4 is 14.5 Å². The van der Waals surface area contributed by atoms with Gasteiger partial charge in [0.1, 0.15) is 11.5 Å². The molecule has 174 valence electrons. The number of hydrogen-bond acceptors (Lipinski definition) is 5. The summed E-state index contributed by atoms with van der Waals surface area (Å²) in [6.45, 7) is 0.729. The predicted octanol–water partition coefficient (Wildman–Crippen LogP) is 7.36. The zero-order chi connectivity index (χ0) is 24.2. The minimum atomic E-state index is 0.729. The van der Waals surface area contributed by atoms with E-state index < -0.39 is 0 Å². The van der Waals surface area contributed by atoms with Gasteiger partial charge in [-0.1, -0.05) is 48.5 Å². The molecule has 0 saturated carbocycles. The lowest BCUT2D eigenvalue weighted by molar-refractivity contribution is 0.483. The van der Waals surface area contributed by atoms with Crippen LogP contribution in [0, 0.1) is 0 Å². The molecular weight excluding hydrogens is 444 g/mol. The van der Waals surface area contributed by atoms with Gasteiger partial charge in [-0.2, -0.15) is 0 Å². The van der Waals surface area contributed by atoms with Gasteiger partial charge in [0, 0.05) is 54.0 Å². The Balaban J connectivity index is 1.19. The van der Waals surface area contributed by atoms with Crippen molar-refractivity contribution in [3.05, 3.63) is 134 Å². The summed E-state index contributed by atoms with van der Waals surface area (Å²) in [5, 5.41) is 0. The molecule has 0 saturated heterocycles. The summed E-state index contributed by atoms with van der Waals surface area (Å²) >= 11 is 0. The highest BCUT2D eigenvalue weighted by atomic mass is 16.5. The molecule has 36 heavy (non-hydrogen) atoms. The molecule has 1 aliphatic heterocycles. The van der Waals surface area contributed by atoms with E-state index >= 15 is 0 Å². The largest absolute Gasteiger partial charge is 0.457 e. The van der Waals surface area contributed by atoms with Crippen LogP contribution in [0.2, 0.25) is 0 Å². The Hall–Kier alpha value is -4.90. The van der Waals surface area contributed by atoms with Gasteiger partial charge in [-0.15, -0.1) is 0 Å². The molecule has 6 rings (SSSR count). The molecule has 3 heterocycles. The fourth-order valence-corrected chi connectivity index (χ4v) is 4.27. The molecule has 0 radical (unpaired) electrons. The third-order valence-corrected chi connectivity index (χ3v) is 6.11. The molecule has 5 aromatic rings. The van der Waals surface area contributed by atoms with Gasteiger partial charge in [-0.25, -0.2) is 0 Å². The lowest BCUT2D eigenvalue weighted by Gasteiger charge is -2.21. The quantitative estimate of drug-likeness (QED) is 0.260. The van der Waals surface area contributed by atoms with Crippen LogP contribution in [-0.4, -0.2) is 16.6 Å². The fraction of sp³-hybridized carbons (Fsp3) is 0.0323. The standard InChI is InChI=1S/C31H24N4O/c1-2-6-24(7-3-1)25-12-17-33-31(21-25)26-8-4-10-29(20-26)36-30-11-5-9-28(22-30)35-19-18-34(23-35)27-13-15-32-16-14-27/h1-22H,23H2. The molecular formula is C31H24N4O. The second kappa shape index (κ2) is 9.76. The molecule has 5 nitrogen and oxygen atoms in total. The van der Waals surface area contributed by atoms with Crippen molar-refractivity contribution in [3.63, 3.8) is 0 Å². The van der Waals surface area contributed by atoms with Crippen molar-refractivity contribution in [2.45, 2.75) is 0 Å². The molecule has 0 spiro atoms. The molecule has 0 bridgehead atoms. The van der Waals surface area contributed by atoms with E-state index in [4.69, 9.17) is 4.74 Å². The maximum Gasteiger partial charge on any atom is 0.129 e. The Kier molecular flexibility index (Phi) is 5.86. The summed E-state index contributed by atoms with van der Waals surface area (Å²) in [4.78, 5) is 13.1. The van der Waals surface area contributed by atoms with Crippen molar-refractivity contribution in [1.29, 1.82) is 0 Å². The van der Waals surface area contributed by atoms with Crippen LogP contribution in [0.3, 0.4) is 0 Å². The smallest absolute Gasteiger partial charge is 0.129 e. The van der Waals surface area contributed by atoms with Gasteiger partial charge < -0.3 is 14.5 Å². The number of benzene rings is 3. The summed E-state index contributed by atoms with van der Waals surface area (Å²) in [6.07, 6.45) is 9.62. The summed E-state index contributed by atoms with van der Waals surface area (Å²) in [5.74, 6) is 1.55. The van der Waals surface area contributed by atoms with Gasteiger partial charge in [0.2, 0.25) is 0 Å². The summed E-state index contributed by atoms with van der Waals surface area (Å²) in [7, 11) is 0. The number of nitrogens with zero attached hydrogens (tertiary/aromatic N) is 4. The Bertz CT molecular complexity index is 1500. The Morgan fingerprint density at radius 3 is 2.11 bits per heavy atom. The second-order valence-corrected chi connectivity index (χ2v) is 8.51. The molecule has 1 aliphatic rings. The van der Waals surface area contributed by atoms with E-state index in [1.807, 2.05) is 85.3 Å². The van der Waals surface area contributed by atoms with Crippen LogP contribution in [-0.2, 0) is 0 Å². The Morgan fingerprint density at radius 2 is 1.28 bits per heavy atom. The number of hydrogen-bond donors (Lipinski definition) is 0. The van der Waals surface area contributed by atoms with Gasteiger partial charge in [0.25, 0.3) is 0 Å². The fourth-order valence-electron chi connectivity index (χ4n) is 4.27. The topological polar surface area (TPSA) is 41.5 Å². The SMILES string of the molecule is C1=CN(c2cccc(Oc3cccc(-c4cc(-c5ccccc5)ccn4)c3)c2)CN1c1ccncc1. The van der Waals surface area contributed by atoms with E-state index in [2.05, 4.69) is 68.6 Å². The molecule has 0 N–H and O–H groups in total. The predicted molar refractivity (Wildman–Crippen MR) is 145 cm³/mol. The number of rotatable bonds is 6. The summed E-state index contributed by atoms with van der Waals surface area (Å²) in [6, 6.07) is 34.7. The van der Waals surface area contributed by atoms with Crippen molar-refractivity contribution < 1.29 is 4.74 Å². The van der Waals surface area contributed by atoms with Gasteiger partial charge >= 0.3 is 0 Å². The van der Waals surface area contributed by atoms with E-state index in [9.17, 15) is 0 Å². The van der Waals surface area contributed by atoms with Gasteiger partial charge in [-0.3, -0.25) is 9.97 Å². The zero-order valence-corrected chi connectivity index (χ0v) is 19.6. The average molecular weight is 469 g/mol. The number of anilines is 2. The summed E-state index contributed by atoms with van der Waals surface area (Å²) in [5.41, 5.74) is 6.40. The molecule has 0 aliphatic carbocycles. The molecule has 0 atom stereocenters. The van der Waals surface area contributed by atoms with Crippen molar-refractivity contribution in [2.24, 2.45) is 0 Å². The molecule has 5 heteroatoms. The van der Waals surface area contributed by atoms with Crippen molar-refractivity contribution in [2.75, 3.05) is 16.5 Å². The minimum absolute atomic E-state index is 0.729. The molecule has 0 unspecified atom stereocenters. The monoisotopic (exact) mass is 468 g/mol. The van der Waals surface area contributed by atoms with E-state index in [1.54, 1.807) is 0 Å². The molecule has 3 aromatic carbocycles. The van der Waals surface area contributed by atoms with Crippen LogP contribution in [0.5, 0.6) is 11.5 Å². The average Bonchev–Trinajstić information content (AvgIpc) is 3.45. The van der Waals surface area contributed by atoms with Gasteiger partial charge in [0.15, 0.2) is 0 Å². The first-order valence-electron chi connectivity index (χ1n) is 11.8. The van der Waals surface area contributed by atoms with E-state index in [-0.39, 0.29) is 0 Å². The molecule has 2 aromatic heterocycles. The van der Waals surface area contributed by atoms with E-state index in [0.717, 1.165) is 46.4 Å². The van der Waals surface area contributed by atoms with Crippen LogP contribution in [0.1, 0.15) is 0 Å². The first kappa shape index (κ1) is 21.6. The number of pyridine rings is 2. The highest BCUT2D eigenvalue weighted by Gasteiger charge is 2.16. The lowest BCUT2D eigenvalue weighted by atomic mass is 10.0. The first-order chi connectivity index (χ1) is 17.8. The first-order valence-corrected chi connectivity index (χ1v) is 11.8. The van der Waals surface area contributed by atoms with E-state index in [1.165, 1.54) is 5.56 Å². The van der Waals surface area contributed by atoms with Crippen molar-refractivity contribution in [3.8, 4) is 33.9 Å². The van der Waals surface area contributed by atoms with Crippen LogP contribution in [0.25, 0.3) is 22.4 Å². The van der Waals surface area contributed by atoms with Crippen LogP contribution >= 0.6 is 0 Å². The number of ether oxygens (including phenoxy) is 1. The molecule has 0 amide bonds.